The lowest BCUT2D eigenvalue weighted by atomic mass is 10.5. The summed E-state index contributed by atoms with van der Waals surface area (Å²) in [6.07, 6.45) is 2.74. The van der Waals surface area contributed by atoms with E-state index >= 15 is 0 Å². The normalized spacial score (nSPS) is 17.7. The zero-order valence-corrected chi connectivity index (χ0v) is 27.5. The van der Waals surface area contributed by atoms with E-state index in [0.717, 1.165) is 70.6 Å². The second-order valence-corrected chi connectivity index (χ2v) is 25.8. The van der Waals surface area contributed by atoms with Crippen molar-refractivity contribution in [3.63, 3.8) is 0 Å². The van der Waals surface area contributed by atoms with E-state index in [2.05, 4.69) is 48.7 Å². The molecular formula is C21H58N6O4Si4. The molecule has 14 heteroatoms. The maximum absolute atomic E-state index is 11.3. The average molecular weight is 571 g/mol. The molecule has 212 valence electrons. The van der Waals surface area contributed by atoms with Gasteiger partial charge in [0.25, 0.3) is 0 Å². The van der Waals surface area contributed by atoms with Crippen molar-refractivity contribution in [3.05, 3.63) is 0 Å². The van der Waals surface area contributed by atoms with Gasteiger partial charge in [-0.1, -0.05) is 0 Å². The van der Waals surface area contributed by atoms with Crippen molar-refractivity contribution < 1.29 is 17.1 Å². The fraction of sp³-hybridized carbons (Fsp3) is 1.00. The van der Waals surface area contributed by atoms with E-state index < -0.39 is 34.0 Å². The van der Waals surface area contributed by atoms with Crippen molar-refractivity contribution in [2.75, 3.05) is 58.9 Å². The van der Waals surface area contributed by atoms with Gasteiger partial charge in [-0.2, -0.15) is 0 Å². The molecule has 0 spiro atoms. The van der Waals surface area contributed by atoms with Gasteiger partial charge in [0.2, 0.25) is 0 Å². The molecule has 0 aliphatic carbocycles. The largest absolute Gasteiger partial charge is 0.437 e. The van der Waals surface area contributed by atoms with Crippen LogP contribution in [0.4, 0.5) is 0 Å². The van der Waals surface area contributed by atoms with Crippen molar-refractivity contribution in [3.8, 4) is 0 Å². The van der Waals surface area contributed by atoms with Gasteiger partial charge in [-0.25, -0.2) is 0 Å². The minimum atomic E-state index is -2.90. The molecule has 0 bridgehead atoms. The predicted molar refractivity (Wildman–Crippen MR) is 158 cm³/mol. The predicted octanol–water partition coefficient (Wildman–Crippen LogP) is 0.895. The molecule has 0 aromatic carbocycles. The van der Waals surface area contributed by atoms with Crippen molar-refractivity contribution in [2.45, 2.75) is 76.7 Å². The van der Waals surface area contributed by atoms with Gasteiger partial charge in [0.1, 0.15) is 0 Å². The number of hydrogen-bond acceptors (Lipinski definition) is 10. The van der Waals surface area contributed by atoms with Crippen molar-refractivity contribution in [1.82, 2.24) is 16.0 Å². The molecule has 3 atom stereocenters. The molecule has 0 saturated carbocycles. The summed E-state index contributed by atoms with van der Waals surface area (Å²) < 4.78 is 20.4. The van der Waals surface area contributed by atoms with E-state index in [0.29, 0.717) is 25.7 Å². The van der Waals surface area contributed by atoms with Gasteiger partial charge < -0.3 is 50.3 Å². The topological polar surface area (TPSA) is 162 Å². The highest BCUT2D eigenvalue weighted by Crippen LogP contribution is 2.31. The Morgan fingerprint density at radius 1 is 0.543 bits per heavy atom. The number of hydrogen-bond donors (Lipinski definition) is 7. The van der Waals surface area contributed by atoms with Gasteiger partial charge in [-0.15, -0.1) is 0 Å². The van der Waals surface area contributed by atoms with Gasteiger partial charge in [0.05, 0.1) is 0 Å². The van der Waals surface area contributed by atoms with Crippen LogP contribution in [-0.4, -0.2) is 97.7 Å². The van der Waals surface area contributed by atoms with Crippen LogP contribution in [0.15, 0.2) is 0 Å². The maximum atomic E-state index is 11.3. The van der Waals surface area contributed by atoms with Crippen LogP contribution in [0.2, 0.25) is 57.4 Å². The standard InChI is InChI=1S/C21H58N6O4Si4/c1-32(2,3)29-34(5,20-8-14-26-17-11-23)31-35(6,21-9-15-27-18-12-24)30-33(4,28)19-7-13-25-16-10-22/h25-28H,7-24H2,1-6H3. The third kappa shape index (κ3) is 20.1. The van der Waals surface area contributed by atoms with E-state index in [1.165, 1.54) is 0 Å². The minimum Gasteiger partial charge on any atom is -0.437 e. The summed E-state index contributed by atoms with van der Waals surface area (Å²) in [7, 11) is -9.99. The van der Waals surface area contributed by atoms with Crippen LogP contribution < -0.4 is 33.2 Å². The highest BCUT2D eigenvalue weighted by atomic mass is 28.5. The molecule has 0 aliphatic heterocycles. The molecule has 0 fully saturated rings. The van der Waals surface area contributed by atoms with E-state index in [1.54, 1.807) is 0 Å². The first-order valence-corrected chi connectivity index (χ1v) is 24.4. The smallest absolute Gasteiger partial charge is 0.323 e. The molecule has 0 aliphatic rings. The molecule has 0 amide bonds. The van der Waals surface area contributed by atoms with Crippen molar-refractivity contribution in [2.24, 2.45) is 17.2 Å². The van der Waals surface area contributed by atoms with Crippen LogP contribution in [0.5, 0.6) is 0 Å². The summed E-state index contributed by atoms with van der Waals surface area (Å²) in [5.41, 5.74) is 16.8. The lowest BCUT2D eigenvalue weighted by molar-refractivity contribution is 0.279. The average Bonchev–Trinajstić information content (AvgIpc) is 2.71. The third-order valence-corrected chi connectivity index (χ3v) is 20.2. The number of rotatable bonds is 24. The van der Waals surface area contributed by atoms with Gasteiger partial charge in [0.15, 0.2) is 8.32 Å². The third-order valence-electron chi connectivity index (χ3n) is 5.32. The van der Waals surface area contributed by atoms with E-state index in [4.69, 9.17) is 29.5 Å². The summed E-state index contributed by atoms with van der Waals surface area (Å²) in [6.45, 7) is 19.7. The molecule has 3 unspecified atom stereocenters. The first-order valence-electron chi connectivity index (χ1n) is 13.4. The van der Waals surface area contributed by atoms with Gasteiger partial charge in [-0.05, 0) is 96.3 Å². The van der Waals surface area contributed by atoms with Crippen LogP contribution in [0, 0.1) is 0 Å². The number of nitrogens with two attached hydrogens (primary N) is 3. The van der Waals surface area contributed by atoms with E-state index in [-0.39, 0.29) is 0 Å². The SMILES string of the molecule is C[Si](C)(C)O[Si](C)(CCCNCCN)O[Si](C)(CCCNCCN)O[Si](C)(O)CCCNCCN. The second kappa shape index (κ2) is 18.7. The fourth-order valence-corrected chi connectivity index (χ4v) is 22.3. The van der Waals surface area contributed by atoms with Crippen LogP contribution >= 0.6 is 0 Å². The van der Waals surface area contributed by atoms with Gasteiger partial charge in [0, 0.05) is 39.3 Å². The maximum Gasteiger partial charge on any atom is 0.323 e. The summed E-state index contributed by atoms with van der Waals surface area (Å²) in [5, 5.41) is 10.0. The minimum absolute atomic E-state index is 0.614. The highest BCUT2D eigenvalue weighted by Gasteiger charge is 2.48. The first-order chi connectivity index (χ1) is 16.3. The number of nitrogens with one attached hydrogen (secondary N) is 3. The summed E-state index contributed by atoms with van der Waals surface area (Å²) in [4.78, 5) is 11.3. The van der Waals surface area contributed by atoms with E-state index in [9.17, 15) is 4.80 Å². The van der Waals surface area contributed by atoms with Gasteiger partial charge in [-0.3, -0.25) is 0 Å². The summed E-state index contributed by atoms with van der Waals surface area (Å²) in [5.74, 6) is 0. The van der Waals surface area contributed by atoms with E-state index in [1.807, 2.05) is 6.55 Å². The molecule has 0 aromatic rings. The Morgan fingerprint density at radius 3 is 1.29 bits per heavy atom. The molecule has 0 saturated heterocycles. The van der Waals surface area contributed by atoms with Gasteiger partial charge >= 0.3 is 25.7 Å². The molecule has 0 radical (unpaired) electrons. The molecule has 10 N–H and O–H groups in total. The quantitative estimate of drug-likeness (QED) is 0.0655. The Hall–Kier alpha value is 0.468. The zero-order chi connectivity index (χ0) is 26.8. The first kappa shape index (κ1) is 35.5. The Bertz CT molecular complexity index is 537. The van der Waals surface area contributed by atoms with Crippen LogP contribution in [0.25, 0.3) is 0 Å². The molecule has 35 heavy (non-hydrogen) atoms. The molecule has 0 rings (SSSR count). The molecule has 0 aromatic heterocycles. The summed E-state index contributed by atoms with van der Waals surface area (Å²) >= 11 is 0. The molecule has 10 nitrogen and oxygen atoms in total. The Morgan fingerprint density at radius 2 is 0.914 bits per heavy atom. The fourth-order valence-electron chi connectivity index (χ4n) is 4.16. The highest BCUT2D eigenvalue weighted by molar-refractivity contribution is 6.89. The monoisotopic (exact) mass is 570 g/mol. The Labute approximate surface area is 219 Å². The van der Waals surface area contributed by atoms with Crippen molar-refractivity contribution >= 4 is 34.0 Å². The van der Waals surface area contributed by atoms with Crippen molar-refractivity contribution in [1.29, 1.82) is 0 Å². The Balaban J connectivity index is 5.42. The van der Waals surface area contributed by atoms with Crippen LogP contribution in [0.1, 0.15) is 19.3 Å². The molecular weight excluding hydrogens is 513 g/mol. The lowest BCUT2D eigenvalue weighted by Gasteiger charge is -2.43. The Kier molecular flexibility index (Phi) is 18.9. The zero-order valence-electron chi connectivity index (χ0n) is 23.5. The lowest BCUT2D eigenvalue weighted by Crippen LogP contribution is -2.59. The van der Waals surface area contributed by atoms with Crippen LogP contribution in [-0.2, 0) is 12.3 Å². The summed E-state index contributed by atoms with van der Waals surface area (Å²) in [6, 6.07) is 2.36. The molecule has 0 heterocycles. The second-order valence-electron chi connectivity index (χ2n) is 10.8. The van der Waals surface area contributed by atoms with Crippen LogP contribution in [0.3, 0.4) is 0 Å².